The van der Waals surface area contributed by atoms with E-state index < -0.39 is 0 Å². The standard InChI is InChI=1S/C21H27N5O2S/c1-2-13-26-21(28)25-14-12-15(10-11-18(25)24-26)22-19(27)8-5-9-20-23-16-6-3-4-7-17(16)29-20/h3-4,6-7,15H,2,5,8-14H2,1H3,(H,22,27). The van der Waals surface area contributed by atoms with Gasteiger partial charge in [-0.15, -0.1) is 11.3 Å². The summed E-state index contributed by atoms with van der Waals surface area (Å²) in [7, 11) is 0. The van der Waals surface area contributed by atoms with Crippen molar-refractivity contribution < 1.29 is 4.79 Å². The SMILES string of the molecule is CCCn1nc2n(c1=O)CCC(NC(=O)CCCc1nc3ccccc3s1)CC2. The highest BCUT2D eigenvalue weighted by Gasteiger charge is 2.21. The third-order valence-electron chi connectivity index (χ3n) is 5.35. The number of rotatable bonds is 7. The van der Waals surface area contributed by atoms with E-state index in [0.29, 0.717) is 19.5 Å². The minimum atomic E-state index is -0.0235. The molecule has 0 saturated carbocycles. The lowest BCUT2D eigenvalue weighted by Crippen LogP contribution is -2.35. The van der Waals surface area contributed by atoms with Crippen LogP contribution in [0.4, 0.5) is 0 Å². The number of para-hydroxylation sites is 1. The van der Waals surface area contributed by atoms with Crippen molar-refractivity contribution in [1.82, 2.24) is 24.6 Å². The van der Waals surface area contributed by atoms with Gasteiger partial charge in [0.1, 0.15) is 5.82 Å². The number of benzene rings is 1. The van der Waals surface area contributed by atoms with Gasteiger partial charge in [-0.2, -0.15) is 5.10 Å². The molecule has 154 valence electrons. The summed E-state index contributed by atoms with van der Waals surface area (Å²) < 4.78 is 4.53. The Hall–Kier alpha value is -2.48. The van der Waals surface area contributed by atoms with Crippen molar-refractivity contribution in [3.8, 4) is 0 Å². The lowest BCUT2D eigenvalue weighted by atomic mass is 10.1. The molecule has 0 radical (unpaired) electrons. The number of carbonyl (C=O) groups excluding carboxylic acids is 1. The zero-order chi connectivity index (χ0) is 20.2. The number of aryl methyl sites for hydroxylation is 3. The van der Waals surface area contributed by atoms with Gasteiger partial charge >= 0.3 is 5.69 Å². The van der Waals surface area contributed by atoms with E-state index in [-0.39, 0.29) is 17.6 Å². The van der Waals surface area contributed by atoms with Gasteiger partial charge in [0.05, 0.1) is 15.2 Å². The molecule has 7 nitrogen and oxygen atoms in total. The molecule has 0 fully saturated rings. The van der Waals surface area contributed by atoms with Crippen LogP contribution >= 0.6 is 11.3 Å². The molecule has 8 heteroatoms. The van der Waals surface area contributed by atoms with Crippen LogP contribution < -0.4 is 11.0 Å². The Balaban J connectivity index is 1.25. The lowest BCUT2D eigenvalue weighted by molar-refractivity contribution is -0.122. The fourth-order valence-corrected chi connectivity index (χ4v) is 4.87. The predicted molar refractivity (Wildman–Crippen MR) is 114 cm³/mol. The zero-order valence-electron chi connectivity index (χ0n) is 16.8. The smallest absolute Gasteiger partial charge is 0.345 e. The molecule has 0 aliphatic carbocycles. The summed E-state index contributed by atoms with van der Waals surface area (Å²) in [5.74, 6) is 0.926. The van der Waals surface area contributed by atoms with Crippen molar-refractivity contribution in [1.29, 1.82) is 0 Å². The number of nitrogens with one attached hydrogen (secondary N) is 1. The average molecular weight is 414 g/mol. The molecule has 1 unspecified atom stereocenters. The van der Waals surface area contributed by atoms with E-state index in [1.54, 1.807) is 20.6 Å². The third-order valence-corrected chi connectivity index (χ3v) is 6.45. The Morgan fingerprint density at radius 2 is 2.17 bits per heavy atom. The van der Waals surface area contributed by atoms with E-state index in [4.69, 9.17) is 0 Å². The van der Waals surface area contributed by atoms with Crippen molar-refractivity contribution >= 4 is 27.5 Å². The molecule has 1 atom stereocenters. The number of hydrogen-bond acceptors (Lipinski definition) is 5. The second-order valence-corrected chi connectivity index (χ2v) is 8.71. The third kappa shape index (κ3) is 4.58. The van der Waals surface area contributed by atoms with Crippen LogP contribution in [0.5, 0.6) is 0 Å². The molecule has 0 spiro atoms. The van der Waals surface area contributed by atoms with Gasteiger partial charge in [-0.05, 0) is 44.2 Å². The summed E-state index contributed by atoms with van der Waals surface area (Å²) >= 11 is 1.70. The van der Waals surface area contributed by atoms with E-state index in [9.17, 15) is 9.59 Å². The van der Waals surface area contributed by atoms with Gasteiger partial charge in [0.25, 0.3) is 0 Å². The van der Waals surface area contributed by atoms with Crippen LogP contribution in [-0.4, -0.2) is 31.3 Å². The van der Waals surface area contributed by atoms with Crippen LogP contribution in [0.3, 0.4) is 0 Å². The molecule has 3 heterocycles. The Labute approximate surface area is 173 Å². The first-order valence-electron chi connectivity index (χ1n) is 10.4. The van der Waals surface area contributed by atoms with Crippen molar-refractivity contribution in [2.45, 2.75) is 71.0 Å². The van der Waals surface area contributed by atoms with Gasteiger partial charge in [0.2, 0.25) is 5.91 Å². The molecule has 1 aliphatic heterocycles. The number of amides is 1. The molecule has 1 N–H and O–H groups in total. The van der Waals surface area contributed by atoms with Crippen molar-refractivity contribution in [3.63, 3.8) is 0 Å². The molecule has 29 heavy (non-hydrogen) atoms. The number of thiazole rings is 1. The van der Waals surface area contributed by atoms with Gasteiger partial charge in [0, 0.05) is 32.0 Å². The second kappa shape index (κ2) is 8.90. The highest BCUT2D eigenvalue weighted by molar-refractivity contribution is 7.18. The highest BCUT2D eigenvalue weighted by atomic mass is 32.1. The Morgan fingerprint density at radius 3 is 3.00 bits per heavy atom. The maximum Gasteiger partial charge on any atom is 0.345 e. The Kier molecular flexibility index (Phi) is 6.08. The van der Waals surface area contributed by atoms with Crippen LogP contribution in [0.2, 0.25) is 0 Å². The largest absolute Gasteiger partial charge is 0.353 e. The topological polar surface area (TPSA) is 81.8 Å². The lowest BCUT2D eigenvalue weighted by Gasteiger charge is -2.15. The van der Waals surface area contributed by atoms with Crippen LogP contribution in [0.25, 0.3) is 10.2 Å². The summed E-state index contributed by atoms with van der Waals surface area (Å²) in [6, 6.07) is 8.23. The van der Waals surface area contributed by atoms with Gasteiger partial charge in [0.15, 0.2) is 0 Å². The maximum atomic E-state index is 12.4. The molecule has 4 rings (SSSR count). The first kappa shape index (κ1) is 19.8. The van der Waals surface area contributed by atoms with E-state index in [1.807, 2.05) is 25.1 Å². The maximum absolute atomic E-state index is 12.4. The number of carbonyl (C=O) groups is 1. The summed E-state index contributed by atoms with van der Waals surface area (Å²) in [6.45, 7) is 3.32. The average Bonchev–Trinajstić information content (AvgIpc) is 3.18. The minimum Gasteiger partial charge on any atom is -0.353 e. The Bertz CT molecular complexity index is 1020. The molecule has 1 aromatic carbocycles. The van der Waals surface area contributed by atoms with Crippen LogP contribution in [0.1, 0.15) is 49.9 Å². The fraction of sp³-hybridized carbons (Fsp3) is 0.524. The molecule has 0 bridgehead atoms. The van der Waals surface area contributed by atoms with Gasteiger partial charge in [-0.3, -0.25) is 9.36 Å². The summed E-state index contributed by atoms with van der Waals surface area (Å²) in [4.78, 5) is 29.4. The van der Waals surface area contributed by atoms with E-state index >= 15 is 0 Å². The predicted octanol–water partition coefficient (Wildman–Crippen LogP) is 2.91. The minimum absolute atomic E-state index is 0.0235. The molecular formula is C21H27N5O2S. The normalized spacial score (nSPS) is 16.5. The van der Waals surface area contributed by atoms with Crippen LogP contribution in [0.15, 0.2) is 29.1 Å². The van der Waals surface area contributed by atoms with Crippen molar-refractivity contribution in [3.05, 3.63) is 45.6 Å². The first-order valence-corrected chi connectivity index (χ1v) is 11.3. The molecule has 1 amide bonds. The molecule has 0 saturated heterocycles. The van der Waals surface area contributed by atoms with E-state index in [1.165, 1.54) is 4.70 Å². The fourth-order valence-electron chi connectivity index (χ4n) is 3.86. The van der Waals surface area contributed by atoms with E-state index in [0.717, 1.165) is 54.9 Å². The van der Waals surface area contributed by atoms with Gasteiger partial charge in [-0.25, -0.2) is 14.5 Å². The van der Waals surface area contributed by atoms with Gasteiger partial charge < -0.3 is 5.32 Å². The first-order chi connectivity index (χ1) is 14.1. The van der Waals surface area contributed by atoms with Crippen LogP contribution in [0, 0.1) is 0 Å². The number of hydrogen-bond donors (Lipinski definition) is 1. The monoisotopic (exact) mass is 413 g/mol. The number of aromatic nitrogens is 4. The Morgan fingerprint density at radius 1 is 1.31 bits per heavy atom. The van der Waals surface area contributed by atoms with Gasteiger partial charge in [-0.1, -0.05) is 19.1 Å². The van der Waals surface area contributed by atoms with Crippen molar-refractivity contribution in [2.75, 3.05) is 0 Å². The summed E-state index contributed by atoms with van der Waals surface area (Å²) in [6.07, 6.45) is 5.33. The summed E-state index contributed by atoms with van der Waals surface area (Å²) in [5, 5.41) is 8.70. The van der Waals surface area contributed by atoms with E-state index in [2.05, 4.69) is 21.5 Å². The zero-order valence-corrected chi connectivity index (χ0v) is 17.6. The summed E-state index contributed by atoms with van der Waals surface area (Å²) in [5.41, 5.74) is 1.01. The highest BCUT2D eigenvalue weighted by Crippen LogP contribution is 2.22. The van der Waals surface area contributed by atoms with Crippen LogP contribution in [-0.2, 0) is 30.7 Å². The van der Waals surface area contributed by atoms with Crippen molar-refractivity contribution in [2.24, 2.45) is 0 Å². The molecule has 1 aliphatic rings. The number of fused-ring (bicyclic) bond motifs is 2. The quantitative estimate of drug-likeness (QED) is 0.646. The number of nitrogens with zero attached hydrogens (tertiary/aromatic N) is 4. The second-order valence-electron chi connectivity index (χ2n) is 7.59. The molecular weight excluding hydrogens is 386 g/mol. The molecule has 2 aromatic heterocycles. The molecule has 3 aromatic rings.